The first-order valence-electron chi connectivity index (χ1n) is 5.25. The van der Waals surface area contributed by atoms with Gasteiger partial charge in [-0.1, -0.05) is 0 Å². The van der Waals surface area contributed by atoms with Crippen molar-refractivity contribution in [1.82, 2.24) is 4.31 Å². The number of anilines is 1. The second kappa shape index (κ2) is 4.59. The molecule has 1 heterocycles. The minimum absolute atomic E-state index is 0.281. The third-order valence-electron chi connectivity index (χ3n) is 2.79. The van der Waals surface area contributed by atoms with Crippen LogP contribution in [0.25, 0.3) is 0 Å². The van der Waals surface area contributed by atoms with Crippen LogP contribution in [-0.4, -0.2) is 38.9 Å². The van der Waals surface area contributed by atoms with E-state index in [2.05, 4.69) is 0 Å². The summed E-state index contributed by atoms with van der Waals surface area (Å²) < 4.78 is 36.2. The van der Waals surface area contributed by atoms with Gasteiger partial charge >= 0.3 is 0 Å². The monoisotopic (exact) mass is 259 g/mol. The molecule has 0 amide bonds. The predicted octanol–water partition coefficient (Wildman–Crippen LogP) is 0.151. The number of halogens is 1. The van der Waals surface area contributed by atoms with Crippen LogP contribution in [-0.2, 0) is 10.2 Å². The van der Waals surface area contributed by atoms with E-state index in [4.69, 9.17) is 5.14 Å². The largest absolute Gasteiger partial charge is 0.369 e. The van der Waals surface area contributed by atoms with E-state index >= 15 is 0 Å². The summed E-state index contributed by atoms with van der Waals surface area (Å²) in [6, 6.07) is 6.15. The van der Waals surface area contributed by atoms with Gasteiger partial charge in [-0.05, 0) is 24.3 Å². The summed E-state index contributed by atoms with van der Waals surface area (Å²) in [6.07, 6.45) is 0. The number of nitrogens with zero attached hydrogens (tertiary/aromatic N) is 2. The Hall–Kier alpha value is -1.18. The third-order valence-corrected chi connectivity index (χ3v) is 3.88. The van der Waals surface area contributed by atoms with Crippen LogP contribution in [0.5, 0.6) is 0 Å². The second-order valence-corrected chi connectivity index (χ2v) is 5.45. The average Bonchev–Trinajstić information content (AvgIpc) is 2.29. The summed E-state index contributed by atoms with van der Waals surface area (Å²) in [7, 11) is -3.59. The SMILES string of the molecule is NS(=O)(=O)N1CCN(c2ccc(F)cc2)CC1. The molecule has 0 unspecified atom stereocenters. The fourth-order valence-corrected chi connectivity index (χ4v) is 2.52. The first-order valence-corrected chi connectivity index (χ1v) is 6.75. The van der Waals surface area contributed by atoms with E-state index in [1.807, 2.05) is 4.90 Å². The number of nitrogens with two attached hydrogens (primary N) is 1. The molecule has 2 N–H and O–H groups in total. The summed E-state index contributed by atoms with van der Waals surface area (Å²) in [5, 5.41) is 5.04. The van der Waals surface area contributed by atoms with E-state index in [1.54, 1.807) is 12.1 Å². The Morgan fingerprint density at radius 1 is 1.06 bits per heavy atom. The van der Waals surface area contributed by atoms with Crippen LogP contribution in [0.3, 0.4) is 0 Å². The molecule has 7 heteroatoms. The lowest BCUT2D eigenvalue weighted by molar-refractivity contribution is 0.385. The van der Waals surface area contributed by atoms with Gasteiger partial charge in [-0.25, -0.2) is 9.53 Å². The van der Waals surface area contributed by atoms with Gasteiger partial charge in [-0.2, -0.15) is 12.7 Å². The van der Waals surface area contributed by atoms with Crippen LogP contribution in [0.15, 0.2) is 24.3 Å². The number of hydrogen-bond acceptors (Lipinski definition) is 3. The van der Waals surface area contributed by atoms with Crippen molar-refractivity contribution in [3.63, 3.8) is 0 Å². The van der Waals surface area contributed by atoms with Crippen LogP contribution in [0, 0.1) is 5.82 Å². The molecule has 1 saturated heterocycles. The summed E-state index contributed by atoms with van der Waals surface area (Å²) in [5.74, 6) is -0.281. The Morgan fingerprint density at radius 2 is 1.59 bits per heavy atom. The van der Waals surface area contributed by atoms with Gasteiger partial charge in [0.25, 0.3) is 10.2 Å². The van der Waals surface area contributed by atoms with E-state index in [9.17, 15) is 12.8 Å². The number of piperazine rings is 1. The van der Waals surface area contributed by atoms with Gasteiger partial charge in [-0.15, -0.1) is 0 Å². The molecule has 2 rings (SSSR count). The van der Waals surface area contributed by atoms with Gasteiger partial charge in [-0.3, -0.25) is 0 Å². The summed E-state index contributed by atoms with van der Waals surface area (Å²) in [5.41, 5.74) is 0.889. The first-order chi connectivity index (χ1) is 7.97. The van der Waals surface area contributed by atoms with Gasteiger partial charge in [0, 0.05) is 31.9 Å². The van der Waals surface area contributed by atoms with E-state index in [1.165, 1.54) is 16.4 Å². The maximum atomic E-state index is 12.7. The van der Waals surface area contributed by atoms with Gasteiger partial charge in [0.15, 0.2) is 0 Å². The maximum absolute atomic E-state index is 12.7. The fourth-order valence-electron chi connectivity index (χ4n) is 1.85. The van der Waals surface area contributed by atoms with Crippen LogP contribution in [0.4, 0.5) is 10.1 Å². The molecule has 94 valence electrons. The van der Waals surface area contributed by atoms with Crippen LogP contribution in [0.1, 0.15) is 0 Å². The molecule has 0 spiro atoms. The molecule has 1 aromatic carbocycles. The molecule has 0 radical (unpaired) electrons. The second-order valence-electron chi connectivity index (χ2n) is 3.91. The zero-order chi connectivity index (χ0) is 12.5. The Labute approximate surface area is 99.8 Å². The number of rotatable bonds is 2. The molecule has 0 saturated carbocycles. The van der Waals surface area contributed by atoms with Crippen molar-refractivity contribution in [1.29, 1.82) is 0 Å². The lowest BCUT2D eigenvalue weighted by Crippen LogP contribution is -2.50. The molecule has 0 aliphatic carbocycles. The first kappa shape index (κ1) is 12.3. The van der Waals surface area contributed by atoms with Crippen molar-refractivity contribution in [2.45, 2.75) is 0 Å². The predicted molar refractivity (Wildman–Crippen MR) is 63.3 cm³/mol. The van der Waals surface area contributed by atoms with Crippen LogP contribution >= 0.6 is 0 Å². The minimum Gasteiger partial charge on any atom is -0.369 e. The minimum atomic E-state index is -3.59. The molecule has 1 aliphatic heterocycles. The van der Waals surface area contributed by atoms with Crippen molar-refractivity contribution >= 4 is 15.9 Å². The van der Waals surface area contributed by atoms with Crippen molar-refractivity contribution < 1.29 is 12.8 Å². The molecule has 1 fully saturated rings. The molecule has 5 nitrogen and oxygen atoms in total. The Morgan fingerprint density at radius 3 is 2.06 bits per heavy atom. The smallest absolute Gasteiger partial charge is 0.277 e. The Balaban J connectivity index is 2.02. The molecule has 1 aliphatic rings. The van der Waals surface area contributed by atoms with E-state index < -0.39 is 10.2 Å². The molecule has 0 bridgehead atoms. The maximum Gasteiger partial charge on any atom is 0.277 e. The third kappa shape index (κ3) is 2.93. The highest BCUT2D eigenvalue weighted by Gasteiger charge is 2.23. The quantitative estimate of drug-likeness (QED) is 0.822. The number of hydrogen-bond donors (Lipinski definition) is 1. The zero-order valence-electron chi connectivity index (χ0n) is 9.21. The number of benzene rings is 1. The average molecular weight is 259 g/mol. The Bertz CT molecular complexity index is 481. The topological polar surface area (TPSA) is 66.6 Å². The normalized spacial score (nSPS) is 18.4. The fraction of sp³-hybridized carbons (Fsp3) is 0.400. The van der Waals surface area contributed by atoms with Gasteiger partial charge in [0.2, 0.25) is 0 Å². The van der Waals surface area contributed by atoms with Crippen molar-refractivity contribution in [3.05, 3.63) is 30.1 Å². The van der Waals surface area contributed by atoms with E-state index in [-0.39, 0.29) is 5.82 Å². The van der Waals surface area contributed by atoms with Crippen LogP contribution in [0.2, 0.25) is 0 Å². The van der Waals surface area contributed by atoms with Gasteiger partial charge in [0.05, 0.1) is 0 Å². The molecule has 0 aromatic heterocycles. The molecular formula is C10H14FN3O2S. The lowest BCUT2D eigenvalue weighted by atomic mass is 10.2. The van der Waals surface area contributed by atoms with Crippen molar-refractivity contribution in [3.8, 4) is 0 Å². The standard InChI is InChI=1S/C10H14FN3O2S/c11-9-1-3-10(4-2-9)13-5-7-14(8-6-13)17(12,15)16/h1-4H,5-8H2,(H2,12,15,16). The van der Waals surface area contributed by atoms with Gasteiger partial charge < -0.3 is 4.90 Å². The van der Waals surface area contributed by atoms with Gasteiger partial charge in [0.1, 0.15) is 5.82 Å². The lowest BCUT2D eigenvalue weighted by Gasteiger charge is -2.34. The van der Waals surface area contributed by atoms with E-state index in [0.717, 1.165) is 5.69 Å². The summed E-state index contributed by atoms with van der Waals surface area (Å²) >= 11 is 0. The molecule has 17 heavy (non-hydrogen) atoms. The molecular weight excluding hydrogens is 245 g/mol. The van der Waals surface area contributed by atoms with Crippen LogP contribution < -0.4 is 10.0 Å². The summed E-state index contributed by atoms with van der Waals surface area (Å²) in [6.45, 7) is 1.83. The highest BCUT2D eigenvalue weighted by Crippen LogP contribution is 2.17. The van der Waals surface area contributed by atoms with E-state index in [0.29, 0.717) is 26.2 Å². The van der Waals surface area contributed by atoms with Crippen molar-refractivity contribution in [2.75, 3.05) is 31.1 Å². The Kier molecular flexibility index (Phi) is 3.32. The molecule has 0 atom stereocenters. The molecule has 1 aromatic rings. The summed E-state index contributed by atoms with van der Waals surface area (Å²) in [4.78, 5) is 2.00. The zero-order valence-corrected chi connectivity index (χ0v) is 10.0. The van der Waals surface area contributed by atoms with Crippen molar-refractivity contribution in [2.24, 2.45) is 5.14 Å². The highest BCUT2D eigenvalue weighted by molar-refractivity contribution is 7.86. The highest BCUT2D eigenvalue weighted by atomic mass is 32.2.